The van der Waals surface area contributed by atoms with Crippen molar-refractivity contribution in [1.29, 1.82) is 0 Å². The third-order valence-corrected chi connectivity index (χ3v) is 3.85. The normalized spacial score (nSPS) is 12.1. The Morgan fingerprint density at radius 1 is 1.33 bits per heavy atom. The zero-order valence-electron chi connectivity index (χ0n) is 10.8. The lowest BCUT2D eigenvalue weighted by Crippen LogP contribution is -2.29. The fraction of sp³-hybridized carbons (Fsp3) is 0.364. The number of hydrogen-bond acceptors (Lipinski definition) is 5. The van der Waals surface area contributed by atoms with E-state index in [1.54, 1.807) is 0 Å². The number of esters is 1. The van der Waals surface area contributed by atoms with E-state index in [-0.39, 0.29) is 22.2 Å². The molecule has 118 valence electrons. The molecule has 0 unspecified atom stereocenters. The number of alkyl halides is 3. The van der Waals surface area contributed by atoms with Gasteiger partial charge in [0.25, 0.3) is 0 Å². The number of aryl methyl sites for hydroxylation is 1. The van der Waals surface area contributed by atoms with Crippen molar-refractivity contribution in [2.24, 2.45) is 0 Å². The third kappa shape index (κ3) is 3.88. The fourth-order valence-electron chi connectivity index (χ4n) is 1.35. The van der Waals surface area contributed by atoms with Crippen molar-refractivity contribution in [3.63, 3.8) is 0 Å². The van der Waals surface area contributed by atoms with Gasteiger partial charge in [-0.15, -0.1) is 0 Å². The number of benzene rings is 1. The van der Waals surface area contributed by atoms with Gasteiger partial charge in [0.05, 0.1) is 11.1 Å². The maximum absolute atomic E-state index is 12.4. The van der Waals surface area contributed by atoms with Crippen LogP contribution in [0.25, 0.3) is 0 Å². The number of carbonyl (C=O) groups excluding carboxylic acids is 1. The number of hydrogen-bond donors (Lipinski definition) is 0. The van der Waals surface area contributed by atoms with Gasteiger partial charge in [0.2, 0.25) is 0 Å². The van der Waals surface area contributed by atoms with E-state index in [2.05, 4.69) is 24.8 Å². The van der Waals surface area contributed by atoms with E-state index in [0.717, 1.165) is 0 Å². The summed E-state index contributed by atoms with van der Waals surface area (Å²) in [6.07, 6.45) is 0. The summed E-state index contributed by atoms with van der Waals surface area (Å²) in [6.45, 7) is 2.88. The van der Waals surface area contributed by atoms with Crippen LogP contribution in [0, 0.1) is 6.92 Å². The molecule has 0 atom stereocenters. The van der Waals surface area contributed by atoms with Crippen LogP contribution in [0.1, 0.15) is 22.8 Å². The summed E-state index contributed by atoms with van der Waals surface area (Å²) in [5.74, 6) is -1.74. The van der Waals surface area contributed by atoms with Gasteiger partial charge in [-0.3, -0.25) is 0 Å². The standard InChI is InChI=1S/C11H10BrF3O5S/c1-3-19-10(16)8-6(2)4-5-7(12)9(8)20-21(17,18)11(13,14)15/h4-5H,3H2,1-2H3. The minimum absolute atomic E-state index is 0.0315. The second-order valence-electron chi connectivity index (χ2n) is 3.77. The Hall–Kier alpha value is -1.29. The Morgan fingerprint density at radius 2 is 1.90 bits per heavy atom. The highest BCUT2D eigenvalue weighted by Crippen LogP contribution is 2.36. The van der Waals surface area contributed by atoms with Crippen LogP contribution in [0.2, 0.25) is 0 Å². The van der Waals surface area contributed by atoms with E-state index in [0.29, 0.717) is 0 Å². The van der Waals surface area contributed by atoms with E-state index < -0.39 is 27.3 Å². The SMILES string of the molecule is CCOC(=O)c1c(C)ccc(Br)c1OS(=O)(=O)C(F)(F)F. The summed E-state index contributed by atoms with van der Waals surface area (Å²) in [5.41, 5.74) is -5.79. The largest absolute Gasteiger partial charge is 0.534 e. The molecule has 0 spiro atoms. The molecule has 1 rings (SSSR count). The molecule has 0 N–H and O–H groups in total. The predicted molar refractivity (Wildman–Crippen MR) is 70.4 cm³/mol. The summed E-state index contributed by atoms with van der Waals surface area (Å²) in [7, 11) is -5.90. The van der Waals surface area contributed by atoms with Crippen LogP contribution in [0.4, 0.5) is 13.2 Å². The van der Waals surface area contributed by atoms with E-state index >= 15 is 0 Å². The molecule has 0 saturated heterocycles. The van der Waals surface area contributed by atoms with Gasteiger partial charge < -0.3 is 8.92 Å². The summed E-state index contributed by atoms with van der Waals surface area (Å²) in [4.78, 5) is 11.8. The molecule has 21 heavy (non-hydrogen) atoms. The smallest absolute Gasteiger partial charge is 0.462 e. The maximum Gasteiger partial charge on any atom is 0.534 e. The topological polar surface area (TPSA) is 69.7 Å². The van der Waals surface area contributed by atoms with Crippen LogP contribution in [0.15, 0.2) is 16.6 Å². The summed E-state index contributed by atoms with van der Waals surface area (Å²) >= 11 is 2.86. The number of ether oxygens (including phenoxy) is 1. The molecule has 0 aliphatic rings. The third-order valence-electron chi connectivity index (χ3n) is 2.27. The first-order valence-corrected chi connectivity index (χ1v) is 7.68. The highest BCUT2D eigenvalue weighted by atomic mass is 79.9. The van der Waals surface area contributed by atoms with Gasteiger partial charge in [-0.2, -0.15) is 21.6 Å². The van der Waals surface area contributed by atoms with Crippen LogP contribution in [-0.2, 0) is 14.9 Å². The molecule has 1 aromatic carbocycles. The lowest BCUT2D eigenvalue weighted by molar-refractivity contribution is -0.0500. The highest BCUT2D eigenvalue weighted by Gasteiger charge is 2.49. The highest BCUT2D eigenvalue weighted by molar-refractivity contribution is 9.10. The number of carbonyl (C=O) groups is 1. The van der Waals surface area contributed by atoms with Gasteiger partial charge in [0.1, 0.15) is 5.56 Å². The van der Waals surface area contributed by atoms with E-state index in [9.17, 15) is 26.4 Å². The lowest BCUT2D eigenvalue weighted by atomic mass is 10.1. The fourth-order valence-corrected chi connectivity index (χ4v) is 2.36. The Kier molecular flexibility index (Phi) is 5.26. The monoisotopic (exact) mass is 390 g/mol. The summed E-state index contributed by atoms with van der Waals surface area (Å²) < 4.78 is 68.0. The molecule has 0 heterocycles. The molecule has 0 aromatic heterocycles. The summed E-state index contributed by atoms with van der Waals surface area (Å²) in [5, 5.41) is 0. The Morgan fingerprint density at radius 3 is 2.38 bits per heavy atom. The van der Waals surface area contributed by atoms with Gasteiger partial charge >= 0.3 is 21.6 Å². The molecule has 0 fully saturated rings. The van der Waals surface area contributed by atoms with Gasteiger partial charge in [-0.05, 0) is 41.4 Å². The van der Waals surface area contributed by atoms with Crippen molar-refractivity contribution >= 4 is 32.0 Å². The molecule has 0 amide bonds. The molecule has 0 bridgehead atoms. The average Bonchev–Trinajstić information content (AvgIpc) is 2.32. The first-order chi connectivity index (χ1) is 9.51. The van der Waals surface area contributed by atoms with Crippen LogP contribution in [-0.4, -0.2) is 26.5 Å². The van der Waals surface area contributed by atoms with Gasteiger partial charge in [0, 0.05) is 0 Å². The summed E-state index contributed by atoms with van der Waals surface area (Å²) in [6, 6.07) is 2.67. The van der Waals surface area contributed by atoms with Crippen molar-refractivity contribution in [2.75, 3.05) is 6.61 Å². The number of rotatable bonds is 4. The van der Waals surface area contributed by atoms with Gasteiger partial charge in [-0.25, -0.2) is 4.79 Å². The van der Waals surface area contributed by atoms with Crippen LogP contribution >= 0.6 is 15.9 Å². The molecular formula is C11H10BrF3O5S. The first kappa shape index (κ1) is 17.8. The Labute approximate surface area is 127 Å². The zero-order valence-corrected chi connectivity index (χ0v) is 13.2. The molecular weight excluding hydrogens is 381 g/mol. The minimum atomic E-state index is -5.90. The average molecular weight is 391 g/mol. The van der Waals surface area contributed by atoms with E-state index in [4.69, 9.17) is 0 Å². The minimum Gasteiger partial charge on any atom is -0.462 e. The molecule has 1 aromatic rings. The zero-order chi connectivity index (χ0) is 16.4. The van der Waals surface area contributed by atoms with Crippen molar-refractivity contribution < 1.29 is 35.3 Å². The lowest BCUT2D eigenvalue weighted by Gasteiger charge is -2.15. The van der Waals surface area contributed by atoms with E-state index in [1.165, 1.54) is 26.0 Å². The molecule has 5 nitrogen and oxygen atoms in total. The predicted octanol–water partition coefficient (Wildman–Crippen LogP) is 3.16. The van der Waals surface area contributed by atoms with Crippen molar-refractivity contribution in [3.05, 3.63) is 27.7 Å². The molecule has 10 heteroatoms. The van der Waals surface area contributed by atoms with Crippen LogP contribution in [0.3, 0.4) is 0 Å². The second-order valence-corrected chi connectivity index (χ2v) is 6.16. The van der Waals surface area contributed by atoms with Gasteiger partial charge in [-0.1, -0.05) is 6.07 Å². The Bertz CT molecular complexity index is 655. The van der Waals surface area contributed by atoms with Crippen molar-refractivity contribution in [2.45, 2.75) is 19.4 Å². The maximum atomic E-state index is 12.4. The van der Waals surface area contributed by atoms with Crippen molar-refractivity contribution in [1.82, 2.24) is 0 Å². The van der Waals surface area contributed by atoms with Crippen molar-refractivity contribution in [3.8, 4) is 5.75 Å². The molecule has 0 radical (unpaired) electrons. The van der Waals surface area contributed by atoms with Crippen LogP contribution in [0.5, 0.6) is 5.75 Å². The molecule has 0 aliphatic carbocycles. The molecule has 0 saturated carbocycles. The second kappa shape index (κ2) is 6.22. The Balaban J connectivity index is 3.43. The van der Waals surface area contributed by atoms with Gasteiger partial charge in [0.15, 0.2) is 5.75 Å². The number of halogens is 4. The quantitative estimate of drug-likeness (QED) is 0.448. The van der Waals surface area contributed by atoms with Crippen LogP contribution < -0.4 is 4.18 Å². The molecule has 0 aliphatic heterocycles. The van der Waals surface area contributed by atoms with E-state index in [1.807, 2.05) is 0 Å². The first-order valence-electron chi connectivity index (χ1n) is 5.48.